The Kier molecular flexibility index (Phi) is 5.33. The molecular formula is C13H18BrN3O3. The van der Waals surface area contributed by atoms with Crippen molar-refractivity contribution in [2.24, 2.45) is 0 Å². The van der Waals surface area contributed by atoms with E-state index >= 15 is 0 Å². The first-order valence-electron chi connectivity index (χ1n) is 6.65. The molecule has 1 atom stereocenters. The molecule has 1 aliphatic rings. The molecule has 0 radical (unpaired) electrons. The van der Waals surface area contributed by atoms with Crippen LogP contribution in [0.25, 0.3) is 0 Å². The molecule has 0 spiro atoms. The van der Waals surface area contributed by atoms with E-state index in [2.05, 4.69) is 26.1 Å². The molecular weight excluding hydrogens is 326 g/mol. The Morgan fingerprint density at radius 2 is 2.35 bits per heavy atom. The maximum atomic E-state index is 10.8. The van der Waals surface area contributed by atoms with Crippen molar-refractivity contribution < 1.29 is 10.0 Å². The normalized spacial score (nSPS) is 18.2. The molecule has 0 saturated carbocycles. The van der Waals surface area contributed by atoms with Gasteiger partial charge in [-0.15, -0.1) is 0 Å². The largest absolute Gasteiger partial charge is 0.395 e. The first-order chi connectivity index (χ1) is 9.61. The number of hydrogen-bond acceptors (Lipinski definition) is 5. The van der Waals surface area contributed by atoms with Crippen LogP contribution in [-0.2, 0) is 0 Å². The van der Waals surface area contributed by atoms with Gasteiger partial charge in [-0.05, 0) is 41.4 Å². The smallest absolute Gasteiger partial charge is 0.270 e. The minimum absolute atomic E-state index is 0.0517. The Balaban J connectivity index is 2.17. The molecule has 0 bridgehead atoms. The highest BCUT2D eigenvalue weighted by atomic mass is 79.9. The third-order valence-corrected chi connectivity index (χ3v) is 4.09. The van der Waals surface area contributed by atoms with E-state index in [-0.39, 0.29) is 12.3 Å². The lowest BCUT2D eigenvalue weighted by molar-refractivity contribution is -0.384. The lowest BCUT2D eigenvalue weighted by Crippen LogP contribution is -2.39. The average Bonchev–Trinajstić information content (AvgIpc) is 2.91. The summed E-state index contributed by atoms with van der Waals surface area (Å²) in [6.07, 6.45) is 2.28. The van der Waals surface area contributed by atoms with Gasteiger partial charge in [0.05, 0.1) is 17.2 Å². The number of rotatable bonds is 6. The summed E-state index contributed by atoms with van der Waals surface area (Å²) in [5.74, 6) is 0. The molecule has 1 aromatic carbocycles. The van der Waals surface area contributed by atoms with Gasteiger partial charge in [-0.2, -0.15) is 0 Å². The molecule has 7 heteroatoms. The number of nitro groups is 1. The monoisotopic (exact) mass is 343 g/mol. The van der Waals surface area contributed by atoms with E-state index in [1.807, 2.05) is 0 Å². The SMILES string of the molecule is O=[N+]([O-])c1ccc(N(CCO)CC2CCCN2)c(Br)c1. The van der Waals surface area contributed by atoms with Crippen LogP contribution in [0.1, 0.15) is 12.8 Å². The van der Waals surface area contributed by atoms with Gasteiger partial charge in [-0.25, -0.2) is 0 Å². The quantitative estimate of drug-likeness (QED) is 0.609. The molecule has 0 aromatic heterocycles. The number of halogens is 1. The van der Waals surface area contributed by atoms with Gasteiger partial charge in [0.25, 0.3) is 5.69 Å². The van der Waals surface area contributed by atoms with E-state index in [1.165, 1.54) is 18.6 Å². The Bertz CT molecular complexity index is 478. The first kappa shape index (κ1) is 15.2. The highest BCUT2D eigenvalue weighted by molar-refractivity contribution is 9.10. The molecule has 2 N–H and O–H groups in total. The van der Waals surface area contributed by atoms with E-state index in [4.69, 9.17) is 0 Å². The zero-order chi connectivity index (χ0) is 14.5. The zero-order valence-electron chi connectivity index (χ0n) is 11.1. The number of nitro benzene ring substituents is 1. The molecule has 1 aromatic rings. The molecule has 1 heterocycles. The number of anilines is 1. The molecule has 1 saturated heterocycles. The topological polar surface area (TPSA) is 78.6 Å². The Morgan fingerprint density at radius 3 is 2.90 bits per heavy atom. The fourth-order valence-electron chi connectivity index (χ4n) is 2.48. The number of aliphatic hydroxyl groups excluding tert-OH is 1. The summed E-state index contributed by atoms with van der Waals surface area (Å²) in [7, 11) is 0. The Labute approximate surface area is 126 Å². The summed E-state index contributed by atoms with van der Waals surface area (Å²) < 4.78 is 0.679. The van der Waals surface area contributed by atoms with Crippen molar-refractivity contribution in [3.05, 3.63) is 32.8 Å². The van der Waals surface area contributed by atoms with Crippen LogP contribution < -0.4 is 10.2 Å². The van der Waals surface area contributed by atoms with Crippen LogP contribution in [0.5, 0.6) is 0 Å². The molecule has 2 rings (SSSR count). The maximum Gasteiger partial charge on any atom is 0.270 e. The summed E-state index contributed by atoms with van der Waals surface area (Å²) in [5.41, 5.74) is 0.932. The fraction of sp³-hybridized carbons (Fsp3) is 0.538. The number of nitrogens with one attached hydrogen (secondary N) is 1. The van der Waals surface area contributed by atoms with Gasteiger partial charge in [0.2, 0.25) is 0 Å². The number of nitrogens with zero attached hydrogens (tertiary/aromatic N) is 2. The standard InChI is InChI=1S/C13H18BrN3O3/c14-12-8-11(17(19)20)3-4-13(12)16(6-7-18)9-10-2-1-5-15-10/h3-4,8,10,15,18H,1-2,5-7,9H2. The molecule has 1 fully saturated rings. The maximum absolute atomic E-state index is 10.8. The van der Waals surface area contributed by atoms with Crippen molar-refractivity contribution in [2.75, 3.05) is 31.1 Å². The van der Waals surface area contributed by atoms with Crippen LogP contribution in [0, 0.1) is 10.1 Å². The average molecular weight is 344 g/mol. The van der Waals surface area contributed by atoms with Gasteiger partial charge in [0.15, 0.2) is 0 Å². The number of non-ortho nitro benzene ring substituents is 1. The van der Waals surface area contributed by atoms with E-state index in [0.717, 1.165) is 25.2 Å². The zero-order valence-corrected chi connectivity index (χ0v) is 12.7. The van der Waals surface area contributed by atoms with Crippen molar-refractivity contribution in [1.82, 2.24) is 5.32 Å². The van der Waals surface area contributed by atoms with Gasteiger partial charge in [-0.3, -0.25) is 10.1 Å². The summed E-state index contributed by atoms with van der Waals surface area (Å²) in [5, 5.41) is 23.4. The van der Waals surface area contributed by atoms with Crippen LogP contribution in [0.3, 0.4) is 0 Å². The van der Waals surface area contributed by atoms with Crippen LogP contribution in [-0.4, -0.2) is 42.3 Å². The van der Waals surface area contributed by atoms with Crippen LogP contribution >= 0.6 is 15.9 Å². The van der Waals surface area contributed by atoms with Crippen molar-refractivity contribution in [3.63, 3.8) is 0 Å². The highest BCUT2D eigenvalue weighted by Gasteiger charge is 2.20. The van der Waals surface area contributed by atoms with Gasteiger partial charge >= 0.3 is 0 Å². The van der Waals surface area contributed by atoms with Gasteiger partial charge < -0.3 is 15.3 Å². The predicted octanol–water partition coefficient (Wildman–Crippen LogP) is 1.91. The lowest BCUT2D eigenvalue weighted by Gasteiger charge is -2.28. The van der Waals surface area contributed by atoms with E-state index in [0.29, 0.717) is 17.1 Å². The third kappa shape index (κ3) is 3.68. The van der Waals surface area contributed by atoms with E-state index in [9.17, 15) is 15.2 Å². The Morgan fingerprint density at radius 1 is 1.55 bits per heavy atom. The number of aliphatic hydroxyl groups is 1. The van der Waals surface area contributed by atoms with E-state index < -0.39 is 4.92 Å². The van der Waals surface area contributed by atoms with Gasteiger partial charge in [-0.1, -0.05) is 0 Å². The second-order valence-electron chi connectivity index (χ2n) is 4.86. The van der Waals surface area contributed by atoms with Gasteiger partial charge in [0, 0.05) is 35.7 Å². The molecule has 1 aliphatic heterocycles. The lowest BCUT2D eigenvalue weighted by atomic mass is 10.2. The summed E-state index contributed by atoms with van der Waals surface area (Å²) in [6.45, 7) is 2.38. The Hall–Kier alpha value is -1.18. The van der Waals surface area contributed by atoms with Crippen LogP contribution in [0.15, 0.2) is 22.7 Å². The molecule has 0 aliphatic carbocycles. The minimum atomic E-state index is -0.413. The second kappa shape index (κ2) is 7.01. The molecule has 6 nitrogen and oxygen atoms in total. The van der Waals surface area contributed by atoms with Crippen molar-refractivity contribution >= 4 is 27.3 Å². The number of hydrogen-bond donors (Lipinski definition) is 2. The third-order valence-electron chi connectivity index (χ3n) is 3.46. The minimum Gasteiger partial charge on any atom is -0.395 e. The number of benzene rings is 1. The van der Waals surface area contributed by atoms with Gasteiger partial charge in [0.1, 0.15) is 0 Å². The van der Waals surface area contributed by atoms with Crippen molar-refractivity contribution in [3.8, 4) is 0 Å². The fourth-order valence-corrected chi connectivity index (χ4v) is 3.09. The molecule has 0 amide bonds. The van der Waals surface area contributed by atoms with Crippen molar-refractivity contribution in [2.45, 2.75) is 18.9 Å². The second-order valence-corrected chi connectivity index (χ2v) is 5.71. The highest BCUT2D eigenvalue weighted by Crippen LogP contribution is 2.30. The molecule has 110 valence electrons. The van der Waals surface area contributed by atoms with Crippen LogP contribution in [0.2, 0.25) is 0 Å². The first-order valence-corrected chi connectivity index (χ1v) is 7.44. The predicted molar refractivity (Wildman–Crippen MR) is 81.1 cm³/mol. The summed E-state index contributed by atoms with van der Waals surface area (Å²) in [6, 6.07) is 5.13. The summed E-state index contributed by atoms with van der Waals surface area (Å²) in [4.78, 5) is 12.4. The van der Waals surface area contributed by atoms with Crippen LogP contribution in [0.4, 0.5) is 11.4 Å². The van der Waals surface area contributed by atoms with Crippen molar-refractivity contribution in [1.29, 1.82) is 0 Å². The molecule has 20 heavy (non-hydrogen) atoms. The molecule has 1 unspecified atom stereocenters. The summed E-state index contributed by atoms with van der Waals surface area (Å²) >= 11 is 3.39. The van der Waals surface area contributed by atoms with E-state index in [1.54, 1.807) is 6.07 Å².